The summed E-state index contributed by atoms with van der Waals surface area (Å²) < 4.78 is 13.4. The Morgan fingerprint density at radius 2 is 2.40 bits per heavy atom. The van der Waals surface area contributed by atoms with Crippen LogP contribution in [0.1, 0.15) is 37.8 Å². The number of nitrogens with two attached hydrogens (primary N) is 1. The molecule has 1 amide bonds. The normalized spacial score (nSPS) is 19.2. The van der Waals surface area contributed by atoms with Crippen LogP contribution < -0.4 is 11.1 Å². The molecule has 110 valence electrons. The molecule has 20 heavy (non-hydrogen) atoms. The molecule has 2 unspecified atom stereocenters. The summed E-state index contributed by atoms with van der Waals surface area (Å²) in [7, 11) is 0. The van der Waals surface area contributed by atoms with Gasteiger partial charge in [0, 0.05) is 16.6 Å². The molecule has 1 aromatic rings. The molecule has 0 spiro atoms. The fourth-order valence-electron chi connectivity index (χ4n) is 2.38. The van der Waals surface area contributed by atoms with E-state index in [1.807, 2.05) is 6.92 Å². The molecule has 0 saturated heterocycles. The van der Waals surface area contributed by atoms with Crippen molar-refractivity contribution in [2.45, 2.75) is 37.1 Å². The molecule has 2 rings (SSSR count). The van der Waals surface area contributed by atoms with Gasteiger partial charge in [-0.15, -0.1) is 11.8 Å². The number of fused-ring (bicyclic) bond motifs is 1. The molecule has 1 aliphatic heterocycles. The molecule has 2 atom stereocenters. The van der Waals surface area contributed by atoms with Crippen LogP contribution in [0.3, 0.4) is 0 Å². The summed E-state index contributed by atoms with van der Waals surface area (Å²) in [5.74, 6) is 0.679. The summed E-state index contributed by atoms with van der Waals surface area (Å²) in [4.78, 5) is 13.2. The Labute approximate surface area is 123 Å². The van der Waals surface area contributed by atoms with Crippen molar-refractivity contribution in [3.05, 3.63) is 29.6 Å². The van der Waals surface area contributed by atoms with E-state index in [0.717, 1.165) is 35.5 Å². The Kier molecular flexibility index (Phi) is 5.43. The summed E-state index contributed by atoms with van der Waals surface area (Å²) in [5, 5.41) is 3.05. The van der Waals surface area contributed by atoms with Gasteiger partial charge in [0.25, 0.3) is 0 Å². The predicted molar refractivity (Wildman–Crippen MR) is 80.1 cm³/mol. The number of nitrogens with one attached hydrogen (secondary N) is 1. The average molecular weight is 296 g/mol. The van der Waals surface area contributed by atoms with E-state index in [-0.39, 0.29) is 23.7 Å². The van der Waals surface area contributed by atoms with E-state index in [4.69, 9.17) is 5.73 Å². The van der Waals surface area contributed by atoms with Crippen molar-refractivity contribution in [1.82, 2.24) is 5.32 Å². The van der Waals surface area contributed by atoms with E-state index in [9.17, 15) is 9.18 Å². The van der Waals surface area contributed by atoms with Gasteiger partial charge in [0.05, 0.1) is 6.04 Å². The maximum Gasteiger partial charge on any atom is 0.223 e. The summed E-state index contributed by atoms with van der Waals surface area (Å²) >= 11 is 1.72. The molecule has 0 bridgehead atoms. The van der Waals surface area contributed by atoms with E-state index >= 15 is 0 Å². The second-order valence-corrected chi connectivity index (χ2v) is 6.35. The zero-order valence-electron chi connectivity index (χ0n) is 11.7. The van der Waals surface area contributed by atoms with Gasteiger partial charge in [-0.05, 0) is 49.6 Å². The zero-order valence-corrected chi connectivity index (χ0v) is 12.5. The van der Waals surface area contributed by atoms with Crippen molar-refractivity contribution in [3.63, 3.8) is 0 Å². The van der Waals surface area contributed by atoms with Gasteiger partial charge in [0.2, 0.25) is 5.91 Å². The van der Waals surface area contributed by atoms with Crippen molar-refractivity contribution in [2.24, 2.45) is 11.7 Å². The lowest BCUT2D eigenvalue weighted by Crippen LogP contribution is -2.34. The van der Waals surface area contributed by atoms with Crippen molar-refractivity contribution >= 4 is 17.7 Å². The van der Waals surface area contributed by atoms with Gasteiger partial charge in [-0.1, -0.05) is 6.92 Å². The largest absolute Gasteiger partial charge is 0.349 e. The third-order valence-corrected chi connectivity index (χ3v) is 4.74. The van der Waals surface area contributed by atoms with Crippen molar-refractivity contribution in [1.29, 1.82) is 0 Å². The fourth-order valence-corrected chi connectivity index (χ4v) is 3.49. The van der Waals surface area contributed by atoms with Gasteiger partial charge in [-0.2, -0.15) is 0 Å². The highest BCUT2D eigenvalue weighted by atomic mass is 32.2. The van der Waals surface area contributed by atoms with Gasteiger partial charge in [-0.3, -0.25) is 4.79 Å². The van der Waals surface area contributed by atoms with Crippen LogP contribution >= 0.6 is 11.8 Å². The fraction of sp³-hybridized carbons (Fsp3) is 0.533. The standard InChI is InChI=1S/C15H21FN2OS/c1-10(3-2-7-17)15(19)18-13-6-8-20-14-5-4-11(16)9-12(13)14/h4-5,9-10,13H,2-3,6-8,17H2,1H3,(H,18,19). The number of thioether (sulfide) groups is 1. The van der Waals surface area contributed by atoms with Crippen molar-refractivity contribution in [3.8, 4) is 0 Å². The molecule has 0 aliphatic carbocycles. The number of carbonyl (C=O) groups is 1. The van der Waals surface area contributed by atoms with Crippen LogP contribution in [0.5, 0.6) is 0 Å². The zero-order chi connectivity index (χ0) is 14.5. The maximum absolute atomic E-state index is 13.4. The summed E-state index contributed by atoms with van der Waals surface area (Å²) in [6.45, 7) is 2.51. The average Bonchev–Trinajstić information content (AvgIpc) is 2.45. The second kappa shape index (κ2) is 7.09. The first kappa shape index (κ1) is 15.3. The van der Waals surface area contributed by atoms with Crippen LogP contribution in [0.2, 0.25) is 0 Å². The molecule has 3 nitrogen and oxygen atoms in total. The maximum atomic E-state index is 13.4. The lowest BCUT2D eigenvalue weighted by atomic mass is 10.0. The molecule has 0 aromatic heterocycles. The predicted octanol–water partition coefficient (Wildman–Crippen LogP) is 2.85. The summed E-state index contributed by atoms with van der Waals surface area (Å²) in [6, 6.07) is 4.73. The van der Waals surface area contributed by atoms with E-state index in [0.29, 0.717) is 6.54 Å². The van der Waals surface area contributed by atoms with Crippen LogP contribution in [0, 0.1) is 11.7 Å². The number of rotatable bonds is 5. The van der Waals surface area contributed by atoms with Gasteiger partial charge in [0.15, 0.2) is 0 Å². The number of carbonyl (C=O) groups excluding carboxylic acids is 1. The molecule has 3 N–H and O–H groups in total. The number of halogens is 1. The van der Waals surface area contributed by atoms with Crippen molar-refractivity contribution in [2.75, 3.05) is 12.3 Å². The number of benzene rings is 1. The van der Waals surface area contributed by atoms with Crippen LogP contribution in [-0.4, -0.2) is 18.2 Å². The third-order valence-electron chi connectivity index (χ3n) is 3.62. The first-order chi connectivity index (χ1) is 9.61. The highest BCUT2D eigenvalue weighted by Crippen LogP contribution is 2.36. The molecule has 1 heterocycles. The smallest absolute Gasteiger partial charge is 0.223 e. The lowest BCUT2D eigenvalue weighted by molar-refractivity contribution is -0.125. The molecule has 1 aromatic carbocycles. The third kappa shape index (κ3) is 3.73. The quantitative estimate of drug-likeness (QED) is 0.878. The minimum atomic E-state index is -0.248. The summed E-state index contributed by atoms with van der Waals surface area (Å²) in [5.41, 5.74) is 6.37. The van der Waals surface area contributed by atoms with Gasteiger partial charge in [-0.25, -0.2) is 4.39 Å². The SMILES string of the molecule is CC(CCCN)C(=O)NC1CCSc2ccc(F)cc21. The number of hydrogen-bond donors (Lipinski definition) is 2. The minimum absolute atomic E-state index is 0.0329. The summed E-state index contributed by atoms with van der Waals surface area (Å²) in [6.07, 6.45) is 2.48. The Balaban J connectivity index is 2.04. The van der Waals surface area contributed by atoms with E-state index in [1.165, 1.54) is 12.1 Å². The molecule has 5 heteroatoms. The van der Waals surface area contributed by atoms with Crippen LogP contribution in [-0.2, 0) is 4.79 Å². The highest BCUT2D eigenvalue weighted by molar-refractivity contribution is 7.99. The molecular formula is C15H21FN2OS. The molecule has 0 fully saturated rings. The Bertz CT molecular complexity index is 481. The molecule has 1 aliphatic rings. The van der Waals surface area contributed by atoms with Crippen LogP contribution in [0.25, 0.3) is 0 Å². The lowest BCUT2D eigenvalue weighted by Gasteiger charge is -2.27. The van der Waals surface area contributed by atoms with Crippen molar-refractivity contribution < 1.29 is 9.18 Å². The minimum Gasteiger partial charge on any atom is -0.349 e. The van der Waals surface area contributed by atoms with Gasteiger partial charge >= 0.3 is 0 Å². The van der Waals surface area contributed by atoms with Crippen LogP contribution in [0.15, 0.2) is 23.1 Å². The Morgan fingerprint density at radius 3 is 3.15 bits per heavy atom. The monoisotopic (exact) mass is 296 g/mol. The van der Waals surface area contributed by atoms with E-state index < -0.39 is 0 Å². The second-order valence-electron chi connectivity index (χ2n) is 5.21. The highest BCUT2D eigenvalue weighted by Gasteiger charge is 2.24. The van der Waals surface area contributed by atoms with E-state index in [1.54, 1.807) is 17.8 Å². The van der Waals surface area contributed by atoms with E-state index in [2.05, 4.69) is 5.32 Å². The Hall–Kier alpha value is -1.07. The first-order valence-electron chi connectivity index (χ1n) is 7.04. The molecule has 0 saturated carbocycles. The topological polar surface area (TPSA) is 55.1 Å². The first-order valence-corrected chi connectivity index (χ1v) is 8.03. The molecular weight excluding hydrogens is 275 g/mol. The molecule has 0 radical (unpaired) electrons. The van der Waals surface area contributed by atoms with Gasteiger partial charge in [0.1, 0.15) is 5.82 Å². The number of amides is 1. The number of hydrogen-bond acceptors (Lipinski definition) is 3. The van der Waals surface area contributed by atoms with Crippen LogP contribution in [0.4, 0.5) is 4.39 Å². The van der Waals surface area contributed by atoms with Gasteiger partial charge < -0.3 is 11.1 Å². The Morgan fingerprint density at radius 1 is 1.60 bits per heavy atom.